The molecule has 2 amide bonds. The first kappa shape index (κ1) is 18.0. The Balaban J connectivity index is 1.40. The smallest absolute Gasteiger partial charge is 0.269 e. The topological polar surface area (TPSA) is 112 Å². The summed E-state index contributed by atoms with van der Waals surface area (Å²) in [4.78, 5) is 41.0. The van der Waals surface area contributed by atoms with Gasteiger partial charge in [0, 0.05) is 35.2 Å². The van der Waals surface area contributed by atoms with E-state index in [0.717, 1.165) is 22.2 Å². The minimum atomic E-state index is -0.591. The first-order valence-electron chi connectivity index (χ1n) is 9.49. The van der Waals surface area contributed by atoms with Crippen LogP contribution in [-0.4, -0.2) is 50.4 Å². The van der Waals surface area contributed by atoms with E-state index < -0.39 is 11.0 Å². The Morgan fingerprint density at radius 1 is 1.10 bits per heavy atom. The van der Waals surface area contributed by atoms with Crippen LogP contribution in [0.4, 0.5) is 5.69 Å². The predicted molar refractivity (Wildman–Crippen MR) is 109 cm³/mol. The Morgan fingerprint density at radius 2 is 1.87 bits per heavy atom. The number of rotatable bonds is 3. The lowest BCUT2D eigenvalue weighted by Crippen LogP contribution is -2.60. The normalized spacial score (nSPS) is 18.7. The largest absolute Gasteiger partial charge is 0.357 e. The first-order chi connectivity index (χ1) is 14.5. The van der Waals surface area contributed by atoms with Crippen LogP contribution >= 0.6 is 0 Å². The zero-order valence-corrected chi connectivity index (χ0v) is 15.8. The summed E-state index contributed by atoms with van der Waals surface area (Å²) in [7, 11) is 0. The monoisotopic (exact) mass is 403 g/mol. The number of hydrogen-bond donors (Lipinski definition) is 1. The number of nitro benzene ring substituents is 1. The second-order valence-electron chi connectivity index (χ2n) is 7.36. The molecule has 2 aliphatic rings. The van der Waals surface area contributed by atoms with Gasteiger partial charge in [-0.1, -0.05) is 18.2 Å². The number of carbonyl (C=O) groups excluding carboxylic acids is 2. The second-order valence-corrected chi connectivity index (χ2v) is 7.36. The molecular weight excluding hydrogens is 386 g/mol. The maximum absolute atomic E-state index is 13.1. The third-order valence-electron chi connectivity index (χ3n) is 5.60. The molecule has 1 aromatic heterocycles. The third kappa shape index (κ3) is 2.91. The van der Waals surface area contributed by atoms with Crippen LogP contribution in [0.15, 0.2) is 53.6 Å². The molecule has 30 heavy (non-hydrogen) atoms. The molecule has 3 heterocycles. The van der Waals surface area contributed by atoms with Gasteiger partial charge in [-0.25, -0.2) is 5.01 Å². The maximum Gasteiger partial charge on any atom is 0.269 e. The number of aromatic amines is 1. The Morgan fingerprint density at radius 3 is 2.63 bits per heavy atom. The highest BCUT2D eigenvalue weighted by molar-refractivity contribution is 5.97. The van der Waals surface area contributed by atoms with Crippen LogP contribution in [0.5, 0.6) is 0 Å². The number of nitrogens with zero attached hydrogens (tertiary/aromatic N) is 4. The predicted octanol–water partition coefficient (Wildman–Crippen LogP) is 2.21. The van der Waals surface area contributed by atoms with Gasteiger partial charge in [-0.3, -0.25) is 19.7 Å². The molecule has 1 N–H and O–H groups in total. The Hall–Kier alpha value is -4.01. The summed E-state index contributed by atoms with van der Waals surface area (Å²) in [6, 6.07) is 13.1. The number of amides is 2. The molecule has 0 bridgehead atoms. The number of nitro groups is 1. The zero-order valence-electron chi connectivity index (χ0n) is 15.8. The van der Waals surface area contributed by atoms with Crippen LogP contribution < -0.4 is 0 Å². The highest BCUT2D eigenvalue weighted by Crippen LogP contribution is 2.32. The number of aromatic nitrogens is 1. The van der Waals surface area contributed by atoms with Crippen LogP contribution in [0.1, 0.15) is 16.8 Å². The summed E-state index contributed by atoms with van der Waals surface area (Å²) < 4.78 is 0. The van der Waals surface area contributed by atoms with Crippen molar-refractivity contribution in [1.29, 1.82) is 0 Å². The minimum absolute atomic E-state index is 0.0243. The van der Waals surface area contributed by atoms with Crippen molar-refractivity contribution in [3.05, 3.63) is 75.5 Å². The second kappa shape index (κ2) is 6.80. The molecule has 1 saturated heterocycles. The fourth-order valence-corrected chi connectivity index (χ4v) is 4.08. The van der Waals surface area contributed by atoms with Crippen LogP contribution in [0.25, 0.3) is 10.9 Å². The van der Waals surface area contributed by atoms with E-state index in [4.69, 9.17) is 0 Å². The molecule has 150 valence electrons. The van der Waals surface area contributed by atoms with Gasteiger partial charge in [0.1, 0.15) is 12.6 Å². The molecule has 0 spiro atoms. The number of benzene rings is 2. The van der Waals surface area contributed by atoms with E-state index in [1.165, 1.54) is 23.4 Å². The molecular formula is C21H17N5O4. The van der Waals surface area contributed by atoms with Crippen molar-refractivity contribution >= 4 is 34.6 Å². The van der Waals surface area contributed by atoms with Gasteiger partial charge >= 0.3 is 0 Å². The molecule has 0 unspecified atom stereocenters. The maximum atomic E-state index is 13.1. The number of carbonyl (C=O) groups is 2. The lowest BCUT2D eigenvalue weighted by molar-refractivity contribution is -0.384. The minimum Gasteiger partial charge on any atom is -0.357 e. The summed E-state index contributed by atoms with van der Waals surface area (Å²) >= 11 is 0. The zero-order chi connectivity index (χ0) is 20.8. The van der Waals surface area contributed by atoms with Crippen molar-refractivity contribution in [1.82, 2.24) is 14.9 Å². The van der Waals surface area contributed by atoms with Gasteiger partial charge in [0.25, 0.3) is 11.6 Å². The Labute approximate surface area is 170 Å². The van der Waals surface area contributed by atoms with Gasteiger partial charge in [-0.15, -0.1) is 0 Å². The van der Waals surface area contributed by atoms with Crippen molar-refractivity contribution in [3.8, 4) is 0 Å². The number of para-hydroxylation sites is 1. The van der Waals surface area contributed by atoms with E-state index in [9.17, 15) is 19.7 Å². The van der Waals surface area contributed by atoms with Crippen LogP contribution in [0.2, 0.25) is 0 Å². The number of nitrogens with one attached hydrogen (secondary N) is 1. The highest BCUT2D eigenvalue weighted by atomic mass is 16.6. The SMILES string of the molecule is O=C1[C@H]2Cc3c([nH]c4ccccc34)CN2C(=O)CN1N=Cc1ccc([N+](=O)[O-])cc1. The number of hydrazone groups is 1. The van der Waals surface area contributed by atoms with E-state index in [-0.39, 0.29) is 24.0 Å². The van der Waals surface area contributed by atoms with E-state index in [1.54, 1.807) is 17.0 Å². The quantitative estimate of drug-likeness (QED) is 0.410. The van der Waals surface area contributed by atoms with Gasteiger partial charge in [0.05, 0.1) is 17.7 Å². The molecule has 3 aromatic rings. The van der Waals surface area contributed by atoms with E-state index >= 15 is 0 Å². The van der Waals surface area contributed by atoms with Crippen molar-refractivity contribution in [2.75, 3.05) is 6.54 Å². The molecule has 9 heteroatoms. The van der Waals surface area contributed by atoms with Crippen LogP contribution in [0, 0.1) is 10.1 Å². The highest BCUT2D eigenvalue weighted by Gasteiger charge is 2.43. The number of fused-ring (bicyclic) bond motifs is 4. The number of H-pyrrole nitrogens is 1. The van der Waals surface area contributed by atoms with Crippen molar-refractivity contribution in [3.63, 3.8) is 0 Å². The van der Waals surface area contributed by atoms with Gasteiger partial charge in [-0.05, 0) is 29.3 Å². The van der Waals surface area contributed by atoms with E-state index in [0.29, 0.717) is 18.5 Å². The fraction of sp³-hybridized carbons (Fsp3) is 0.190. The fourth-order valence-electron chi connectivity index (χ4n) is 4.08. The summed E-state index contributed by atoms with van der Waals surface area (Å²) in [5.41, 5.74) is 3.61. The lowest BCUT2D eigenvalue weighted by atomic mass is 9.94. The number of hydrogen-bond acceptors (Lipinski definition) is 5. The average Bonchev–Trinajstić information content (AvgIpc) is 3.12. The summed E-state index contributed by atoms with van der Waals surface area (Å²) in [6.45, 7) is 0.244. The third-order valence-corrected chi connectivity index (χ3v) is 5.60. The van der Waals surface area contributed by atoms with Gasteiger partial charge in [0.15, 0.2) is 0 Å². The summed E-state index contributed by atoms with van der Waals surface area (Å²) in [5.74, 6) is -0.395. The molecule has 0 radical (unpaired) electrons. The van der Waals surface area contributed by atoms with Crippen LogP contribution in [0.3, 0.4) is 0 Å². The van der Waals surface area contributed by atoms with Gasteiger partial charge in [0.2, 0.25) is 5.91 Å². The van der Waals surface area contributed by atoms with Gasteiger partial charge in [-0.2, -0.15) is 5.10 Å². The summed E-state index contributed by atoms with van der Waals surface area (Å²) in [5, 5.41) is 17.2. The molecule has 1 fully saturated rings. The molecule has 2 aliphatic heterocycles. The molecule has 9 nitrogen and oxygen atoms in total. The first-order valence-corrected chi connectivity index (χ1v) is 9.49. The lowest BCUT2D eigenvalue weighted by Gasteiger charge is -2.40. The van der Waals surface area contributed by atoms with E-state index in [1.807, 2.05) is 24.3 Å². The van der Waals surface area contributed by atoms with Crippen molar-refractivity contribution in [2.45, 2.75) is 19.0 Å². The molecule has 0 saturated carbocycles. The molecule has 0 aliphatic carbocycles. The van der Waals surface area contributed by atoms with E-state index in [2.05, 4.69) is 10.1 Å². The standard InChI is InChI=1S/C21H17N5O4/c27-20-12-25(22-10-13-5-7-14(8-6-13)26(29)30)21(28)19-9-16-15-3-1-2-4-17(15)23-18(16)11-24(19)20/h1-8,10,19,23H,9,11-12H2/t19-/m1/s1. The number of piperazine rings is 1. The van der Waals surface area contributed by atoms with Gasteiger partial charge < -0.3 is 9.88 Å². The Kier molecular flexibility index (Phi) is 4.09. The molecule has 2 aromatic carbocycles. The Bertz CT molecular complexity index is 1210. The number of non-ortho nitro benzene ring substituents is 1. The molecule has 5 rings (SSSR count). The summed E-state index contributed by atoms with van der Waals surface area (Å²) in [6.07, 6.45) is 1.87. The van der Waals surface area contributed by atoms with Crippen molar-refractivity contribution < 1.29 is 14.5 Å². The van der Waals surface area contributed by atoms with Crippen LogP contribution in [-0.2, 0) is 22.6 Å². The average molecular weight is 403 g/mol. The molecule has 1 atom stereocenters. The van der Waals surface area contributed by atoms with Crippen molar-refractivity contribution in [2.24, 2.45) is 5.10 Å².